The Hall–Kier alpha value is -3.98. The van der Waals surface area contributed by atoms with Gasteiger partial charge in [0.15, 0.2) is 17.5 Å². The van der Waals surface area contributed by atoms with Crippen LogP contribution in [0, 0.1) is 23.7 Å². The first-order chi connectivity index (χ1) is 25.4. The summed E-state index contributed by atoms with van der Waals surface area (Å²) in [4.78, 5) is 56.2. The second-order valence-electron chi connectivity index (χ2n) is 15.9. The number of rotatable bonds is 9. The van der Waals surface area contributed by atoms with Gasteiger partial charge in [0.2, 0.25) is 0 Å². The Morgan fingerprint density at radius 1 is 0.963 bits per heavy atom. The molecule has 0 radical (unpaired) electrons. The number of aliphatic hydroxyl groups is 2. The van der Waals surface area contributed by atoms with E-state index in [9.17, 15) is 24.6 Å². The zero-order valence-corrected chi connectivity index (χ0v) is 32.0. The van der Waals surface area contributed by atoms with Gasteiger partial charge in [-0.05, 0) is 49.6 Å². The van der Waals surface area contributed by atoms with Crippen molar-refractivity contribution in [3.63, 3.8) is 0 Å². The van der Waals surface area contributed by atoms with Gasteiger partial charge >= 0.3 is 17.9 Å². The maximum atomic E-state index is 15.4. The van der Waals surface area contributed by atoms with E-state index >= 15 is 4.79 Å². The Bertz CT molecular complexity index is 1830. The van der Waals surface area contributed by atoms with Gasteiger partial charge in [-0.2, -0.15) is 0 Å². The number of fused-ring (bicyclic) bond motifs is 5. The first-order valence-corrected chi connectivity index (χ1v) is 18.2. The monoisotopic (exact) mass is 749 g/mol. The van der Waals surface area contributed by atoms with Crippen LogP contribution in [0.25, 0.3) is 0 Å². The molecule has 6 rings (SSSR count). The lowest BCUT2D eigenvalue weighted by Crippen LogP contribution is -2.82. The van der Waals surface area contributed by atoms with Crippen molar-refractivity contribution in [3.05, 3.63) is 82.4 Å². The highest BCUT2D eigenvalue weighted by atomic mass is 16.6. The lowest BCUT2D eigenvalue weighted by molar-refractivity contribution is -0.347. The van der Waals surface area contributed by atoms with Crippen LogP contribution in [0.5, 0.6) is 0 Å². The van der Waals surface area contributed by atoms with Crippen molar-refractivity contribution in [1.29, 1.82) is 0 Å². The first kappa shape index (κ1) is 39.7. The lowest BCUT2D eigenvalue weighted by Gasteiger charge is -2.67. The third kappa shape index (κ3) is 6.00. The summed E-state index contributed by atoms with van der Waals surface area (Å²) in [5.74, 6) is -4.26. The highest BCUT2D eigenvalue weighted by molar-refractivity contribution is 5.94. The highest BCUT2D eigenvalue weighted by Gasteiger charge is 2.78. The van der Waals surface area contributed by atoms with Crippen molar-refractivity contribution in [2.45, 2.75) is 108 Å². The fourth-order valence-electron chi connectivity index (χ4n) is 9.61. The van der Waals surface area contributed by atoms with Crippen LogP contribution in [0.15, 0.2) is 65.7 Å². The van der Waals surface area contributed by atoms with Crippen molar-refractivity contribution in [1.82, 2.24) is 0 Å². The molecule has 0 aromatic heterocycles. The van der Waals surface area contributed by atoms with Crippen LogP contribution in [-0.4, -0.2) is 103 Å². The number of benzene rings is 2. The SMILES string of the molecule is COC1C(=O)[C@]2(C)C(OC)CC3OCC3(OC(C)=O)C2C(OC(=O)c2ccccc2)C2(O)CC(OC(=O)C(O)[C@@H](N)c3ccc(C)cc3)C(C)=C1C2(C)C. The molecule has 4 aliphatic rings. The van der Waals surface area contributed by atoms with Crippen LogP contribution in [0.4, 0.5) is 0 Å². The molecule has 13 nitrogen and oxygen atoms in total. The van der Waals surface area contributed by atoms with Crippen LogP contribution >= 0.6 is 0 Å². The Kier molecular flexibility index (Phi) is 10.5. The minimum absolute atomic E-state index is 0.150. The standard InChI is InChI=1S/C41H51NO12/c1-21-14-16-24(17-15-21)30(42)31(44)37(47)52-26-19-41(48)35(53-36(46)25-12-10-9-11-13-25)33-39(6,34(45)32(50-8)29(22(26)2)38(41,4)5)27(49-7)18-28-40(33,20-51-28)54-23(3)43/h9-17,26-28,30-33,35,44,48H,18-20,42H2,1-8H3/t26?,27?,28?,30-,31?,32?,33?,35?,39+,40?,41?/m0/s1. The number of carbonyl (C=O) groups excluding carboxylic acids is 4. The number of ether oxygens (including phenoxy) is 6. The van der Waals surface area contributed by atoms with E-state index in [2.05, 4.69) is 0 Å². The predicted octanol–water partition coefficient (Wildman–Crippen LogP) is 3.31. The van der Waals surface area contributed by atoms with E-state index in [1.807, 2.05) is 6.92 Å². The van der Waals surface area contributed by atoms with E-state index in [-0.39, 0.29) is 25.0 Å². The average Bonchev–Trinajstić information content (AvgIpc) is 3.13. The number of nitrogens with two attached hydrogens (primary N) is 1. The molecule has 11 atom stereocenters. The number of aliphatic hydroxyl groups excluding tert-OH is 1. The molecule has 4 N–H and O–H groups in total. The Labute approximate surface area is 315 Å². The van der Waals surface area contributed by atoms with Crippen molar-refractivity contribution in [2.24, 2.45) is 22.5 Å². The number of aryl methyl sites for hydroxylation is 1. The second-order valence-corrected chi connectivity index (χ2v) is 15.9. The molecule has 54 heavy (non-hydrogen) atoms. The number of carbonyl (C=O) groups is 4. The van der Waals surface area contributed by atoms with Crippen molar-refractivity contribution in [2.75, 3.05) is 20.8 Å². The molecule has 13 heteroatoms. The van der Waals surface area contributed by atoms with Gasteiger partial charge in [-0.3, -0.25) is 9.59 Å². The quantitative estimate of drug-likeness (QED) is 0.193. The minimum Gasteiger partial charge on any atom is -0.456 e. The Balaban J connectivity index is 1.55. The Morgan fingerprint density at radius 2 is 1.61 bits per heavy atom. The zero-order chi connectivity index (χ0) is 39.5. The van der Waals surface area contributed by atoms with Crippen molar-refractivity contribution < 1.29 is 57.8 Å². The maximum absolute atomic E-state index is 15.4. The smallest absolute Gasteiger partial charge is 0.338 e. The number of methoxy groups -OCH3 is 2. The van der Waals surface area contributed by atoms with Crippen molar-refractivity contribution >= 4 is 23.7 Å². The first-order valence-electron chi connectivity index (χ1n) is 18.2. The summed E-state index contributed by atoms with van der Waals surface area (Å²) in [5.41, 5.74) is 1.98. The molecule has 1 heterocycles. The van der Waals surface area contributed by atoms with Gasteiger partial charge in [0, 0.05) is 39.4 Å². The summed E-state index contributed by atoms with van der Waals surface area (Å²) in [6.07, 6.45) is -7.81. The van der Waals surface area contributed by atoms with Gasteiger partial charge < -0.3 is 44.4 Å². The number of hydrogen-bond donors (Lipinski definition) is 3. The van der Waals surface area contributed by atoms with E-state index in [1.54, 1.807) is 82.3 Å². The normalized spacial score (nSPS) is 35.2. The molecule has 292 valence electrons. The van der Waals surface area contributed by atoms with Gasteiger partial charge in [0.25, 0.3) is 0 Å². The number of esters is 3. The number of Topliss-reactive ketones (excluding diaryl/α,β-unsaturated/α-hetero) is 1. The molecule has 2 aromatic rings. The summed E-state index contributed by atoms with van der Waals surface area (Å²) in [6, 6.07) is 14.1. The molecule has 1 saturated heterocycles. The number of ketones is 1. The predicted molar refractivity (Wildman–Crippen MR) is 193 cm³/mol. The molecular formula is C41H51NO12. The largest absolute Gasteiger partial charge is 0.456 e. The fraction of sp³-hybridized carbons (Fsp3) is 0.561. The highest BCUT2D eigenvalue weighted by Crippen LogP contribution is 2.64. The summed E-state index contributed by atoms with van der Waals surface area (Å²) in [5, 5.41) is 24.7. The molecule has 3 aliphatic carbocycles. The van der Waals surface area contributed by atoms with Crippen molar-refractivity contribution in [3.8, 4) is 0 Å². The summed E-state index contributed by atoms with van der Waals surface area (Å²) in [6.45, 7) is 9.74. The van der Waals surface area contributed by atoms with Gasteiger partial charge in [-0.25, -0.2) is 9.59 Å². The maximum Gasteiger partial charge on any atom is 0.338 e. The van der Waals surface area contributed by atoms with Gasteiger partial charge in [0.05, 0.1) is 35.6 Å². The summed E-state index contributed by atoms with van der Waals surface area (Å²) >= 11 is 0. The van der Waals surface area contributed by atoms with E-state index < -0.39 is 94.3 Å². The molecule has 2 saturated carbocycles. The van der Waals surface area contributed by atoms with E-state index in [0.717, 1.165) is 5.56 Å². The molecule has 1 aliphatic heterocycles. The second kappa shape index (κ2) is 14.3. The van der Waals surface area contributed by atoms with Crippen LogP contribution in [0.1, 0.15) is 75.0 Å². The van der Waals surface area contributed by atoms with E-state index in [0.29, 0.717) is 16.7 Å². The van der Waals surface area contributed by atoms with Crippen LogP contribution in [0.2, 0.25) is 0 Å². The molecule has 9 unspecified atom stereocenters. The molecule has 2 aromatic carbocycles. The van der Waals surface area contributed by atoms with Crippen LogP contribution in [-0.2, 0) is 42.8 Å². The van der Waals surface area contributed by atoms with Crippen LogP contribution in [0.3, 0.4) is 0 Å². The van der Waals surface area contributed by atoms with E-state index in [4.69, 9.17) is 34.2 Å². The van der Waals surface area contributed by atoms with Crippen LogP contribution < -0.4 is 5.73 Å². The molecule has 2 bridgehead atoms. The third-order valence-corrected chi connectivity index (χ3v) is 12.7. The summed E-state index contributed by atoms with van der Waals surface area (Å²) < 4.78 is 36.7. The summed E-state index contributed by atoms with van der Waals surface area (Å²) in [7, 11) is 2.82. The van der Waals surface area contributed by atoms with E-state index in [1.165, 1.54) is 21.1 Å². The average molecular weight is 750 g/mol. The topological polar surface area (TPSA) is 190 Å². The van der Waals surface area contributed by atoms with Gasteiger partial charge in [0.1, 0.15) is 30.0 Å². The number of hydrogen-bond acceptors (Lipinski definition) is 13. The molecule has 3 fully saturated rings. The minimum atomic E-state index is -2.15. The van der Waals surface area contributed by atoms with Gasteiger partial charge in [-0.1, -0.05) is 61.9 Å². The lowest BCUT2D eigenvalue weighted by atomic mass is 9.44. The third-order valence-electron chi connectivity index (χ3n) is 12.7. The fourth-order valence-corrected chi connectivity index (χ4v) is 9.61. The zero-order valence-electron chi connectivity index (χ0n) is 32.0. The Morgan fingerprint density at radius 3 is 2.17 bits per heavy atom. The molecule has 0 amide bonds. The van der Waals surface area contributed by atoms with Gasteiger partial charge in [-0.15, -0.1) is 0 Å². The molecular weight excluding hydrogens is 698 g/mol. The molecule has 0 spiro atoms.